The third kappa shape index (κ3) is 2.69. The third-order valence-corrected chi connectivity index (χ3v) is 4.00. The van der Waals surface area contributed by atoms with Crippen molar-refractivity contribution >= 4 is 22.5 Å². The van der Waals surface area contributed by atoms with Gasteiger partial charge in [-0.2, -0.15) is 0 Å². The molecule has 0 aliphatic heterocycles. The van der Waals surface area contributed by atoms with Crippen LogP contribution in [0.1, 0.15) is 0 Å². The maximum absolute atomic E-state index is 6.01. The van der Waals surface area contributed by atoms with Crippen molar-refractivity contribution in [2.24, 2.45) is 0 Å². The van der Waals surface area contributed by atoms with Gasteiger partial charge in [-0.3, -0.25) is 0 Å². The summed E-state index contributed by atoms with van der Waals surface area (Å²) in [4.78, 5) is 9.53. The van der Waals surface area contributed by atoms with Crippen LogP contribution in [0, 0.1) is 0 Å². The first kappa shape index (κ1) is 13.9. The van der Waals surface area contributed by atoms with Gasteiger partial charge in [0.05, 0.1) is 11.2 Å². The molecule has 0 N–H and O–H groups in total. The van der Waals surface area contributed by atoms with Crippen LogP contribution in [0.25, 0.3) is 33.5 Å². The number of hydrogen-bond donors (Lipinski definition) is 0. The van der Waals surface area contributed by atoms with Crippen molar-refractivity contribution in [1.29, 1.82) is 0 Å². The molecule has 0 saturated carbocycles. The first-order valence-electron chi connectivity index (χ1n) is 7.39. The smallest absolute Gasteiger partial charge is 0.160 e. The first-order chi connectivity index (χ1) is 11.3. The fourth-order valence-corrected chi connectivity index (χ4v) is 2.75. The largest absolute Gasteiger partial charge is 0.228 e. The van der Waals surface area contributed by atoms with Gasteiger partial charge in [-0.05, 0) is 18.2 Å². The number of benzene rings is 3. The second-order valence-electron chi connectivity index (χ2n) is 5.29. The minimum atomic E-state index is 0.718. The molecule has 0 saturated heterocycles. The zero-order valence-electron chi connectivity index (χ0n) is 12.3. The fourth-order valence-electron chi connectivity index (χ4n) is 2.62. The Morgan fingerprint density at radius 1 is 0.609 bits per heavy atom. The van der Waals surface area contributed by atoms with E-state index in [1.807, 2.05) is 78.9 Å². The van der Waals surface area contributed by atoms with Crippen molar-refractivity contribution in [1.82, 2.24) is 9.97 Å². The van der Waals surface area contributed by atoms with E-state index in [0.29, 0.717) is 0 Å². The maximum Gasteiger partial charge on any atom is 0.160 e. The van der Waals surface area contributed by atoms with E-state index < -0.39 is 0 Å². The molecule has 3 heteroatoms. The maximum atomic E-state index is 6.01. The number of aromatic nitrogens is 2. The van der Waals surface area contributed by atoms with E-state index in [1.54, 1.807) is 0 Å². The number of halogens is 1. The van der Waals surface area contributed by atoms with Crippen LogP contribution in [0.15, 0.2) is 78.9 Å². The standard InChI is InChI=1S/C20H13ClN2/c21-16-12-10-14(11-13-16)19-17-8-4-5-9-18(17)22-20(23-19)15-6-2-1-3-7-15/h1-13H. The summed E-state index contributed by atoms with van der Waals surface area (Å²) >= 11 is 6.01. The number of rotatable bonds is 2. The molecule has 1 aromatic heterocycles. The molecular formula is C20H13ClN2. The summed E-state index contributed by atoms with van der Waals surface area (Å²) < 4.78 is 0. The van der Waals surface area contributed by atoms with Crippen LogP contribution in [-0.4, -0.2) is 9.97 Å². The van der Waals surface area contributed by atoms with Gasteiger partial charge in [-0.15, -0.1) is 0 Å². The van der Waals surface area contributed by atoms with E-state index in [4.69, 9.17) is 21.6 Å². The highest BCUT2D eigenvalue weighted by molar-refractivity contribution is 6.30. The summed E-state index contributed by atoms with van der Waals surface area (Å²) in [7, 11) is 0. The van der Waals surface area contributed by atoms with Gasteiger partial charge in [-0.1, -0.05) is 72.3 Å². The van der Waals surface area contributed by atoms with Gasteiger partial charge in [0, 0.05) is 21.5 Å². The van der Waals surface area contributed by atoms with Crippen LogP contribution in [-0.2, 0) is 0 Å². The van der Waals surface area contributed by atoms with Gasteiger partial charge < -0.3 is 0 Å². The predicted molar refractivity (Wildman–Crippen MR) is 95.4 cm³/mol. The molecule has 0 bridgehead atoms. The number of fused-ring (bicyclic) bond motifs is 1. The SMILES string of the molecule is Clc1ccc(-c2nc(-c3ccccc3)nc3ccccc23)cc1. The second-order valence-corrected chi connectivity index (χ2v) is 5.72. The Bertz CT molecular complexity index is 964. The summed E-state index contributed by atoms with van der Waals surface area (Å²) in [5.41, 5.74) is 3.90. The summed E-state index contributed by atoms with van der Waals surface area (Å²) in [6.07, 6.45) is 0. The molecule has 4 aromatic rings. The predicted octanol–water partition coefficient (Wildman–Crippen LogP) is 5.62. The van der Waals surface area contributed by atoms with Crippen LogP contribution in [0.2, 0.25) is 5.02 Å². The van der Waals surface area contributed by atoms with Gasteiger partial charge in [0.25, 0.3) is 0 Å². The molecule has 3 aromatic carbocycles. The Labute approximate surface area is 139 Å². The molecule has 0 fully saturated rings. The molecule has 110 valence electrons. The lowest BCUT2D eigenvalue weighted by molar-refractivity contribution is 1.23. The lowest BCUT2D eigenvalue weighted by Crippen LogP contribution is -1.94. The van der Waals surface area contributed by atoms with Crippen LogP contribution >= 0.6 is 11.6 Å². The average molecular weight is 317 g/mol. The lowest BCUT2D eigenvalue weighted by Gasteiger charge is -2.09. The zero-order valence-corrected chi connectivity index (χ0v) is 13.0. The Morgan fingerprint density at radius 3 is 2.09 bits per heavy atom. The summed E-state index contributed by atoms with van der Waals surface area (Å²) in [5, 5.41) is 1.75. The first-order valence-corrected chi connectivity index (χ1v) is 7.77. The van der Waals surface area contributed by atoms with Gasteiger partial charge >= 0.3 is 0 Å². The van der Waals surface area contributed by atoms with Gasteiger partial charge in [0.1, 0.15) is 0 Å². The van der Waals surface area contributed by atoms with Crippen molar-refractivity contribution in [2.75, 3.05) is 0 Å². The summed E-state index contributed by atoms with van der Waals surface area (Å²) in [6, 6.07) is 25.9. The van der Waals surface area contributed by atoms with E-state index >= 15 is 0 Å². The van der Waals surface area contributed by atoms with Gasteiger partial charge in [0.15, 0.2) is 5.82 Å². The molecule has 0 aliphatic rings. The lowest BCUT2D eigenvalue weighted by atomic mass is 10.1. The third-order valence-electron chi connectivity index (χ3n) is 3.75. The van der Waals surface area contributed by atoms with Crippen molar-refractivity contribution in [2.45, 2.75) is 0 Å². The number of para-hydroxylation sites is 1. The molecule has 4 rings (SSSR count). The molecule has 1 heterocycles. The second kappa shape index (κ2) is 5.82. The van der Waals surface area contributed by atoms with Crippen molar-refractivity contribution in [3.05, 3.63) is 83.9 Å². The number of nitrogens with zero attached hydrogens (tertiary/aromatic N) is 2. The quantitative estimate of drug-likeness (QED) is 0.480. The molecule has 0 spiro atoms. The normalized spacial score (nSPS) is 10.8. The molecule has 0 amide bonds. The highest BCUT2D eigenvalue weighted by Gasteiger charge is 2.10. The van der Waals surface area contributed by atoms with Gasteiger partial charge in [0.2, 0.25) is 0 Å². The number of hydrogen-bond acceptors (Lipinski definition) is 2. The van der Waals surface area contributed by atoms with Crippen LogP contribution in [0.3, 0.4) is 0 Å². The van der Waals surface area contributed by atoms with Crippen LogP contribution in [0.5, 0.6) is 0 Å². The van der Waals surface area contributed by atoms with E-state index in [-0.39, 0.29) is 0 Å². The fraction of sp³-hybridized carbons (Fsp3) is 0. The van der Waals surface area contributed by atoms with Crippen LogP contribution in [0.4, 0.5) is 0 Å². The zero-order chi connectivity index (χ0) is 15.6. The summed E-state index contributed by atoms with van der Waals surface area (Å²) in [6.45, 7) is 0. The molecule has 0 radical (unpaired) electrons. The molecular weight excluding hydrogens is 304 g/mol. The molecule has 0 aliphatic carbocycles. The van der Waals surface area contributed by atoms with E-state index in [9.17, 15) is 0 Å². The van der Waals surface area contributed by atoms with Crippen molar-refractivity contribution in [3.8, 4) is 22.6 Å². The van der Waals surface area contributed by atoms with Crippen LogP contribution < -0.4 is 0 Å². The van der Waals surface area contributed by atoms with Gasteiger partial charge in [-0.25, -0.2) is 9.97 Å². The van der Waals surface area contributed by atoms with E-state index in [0.717, 1.165) is 38.6 Å². The Hall–Kier alpha value is -2.71. The van der Waals surface area contributed by atoms with Crippen molar-refractivity contribution in [3.63, 3.8) is 0 Å². The minimum absolute atomic E-state index is 0.718. The van der Waals surface area contributed by atoms with E-state index in [1.165, 1.54) is 0 Å². The minimum Gasteiger partial charge on any atom is -0.228 e. The molecule has 23 heavy (non-hydrogen) atoms. The summed E-state index contributed by atoms with van der Waals surface area (Å²) in [5.74, 6) is 0.731. The Kier molecular flexibility index (Phi) is 3.52. The highest BCUT2D eigenvalue weighted by Crippen LogP contribution is 2.29. The molecule has 2 nitrogen and oxygen atoms in total. The molecule has 0 unspecified atom stereocenters. The van der Waals surface area contributed by atoms with E-state index in [2.05, 4.69) is 0 Å². The highest BCUT2D eigenvalue weighted by atomic mass is 35.5. The molecule has 0 atom stereocenters. The topological polar surface area (TPSA) is 25.8 Å². The Balaban J connectivity index is 2.00. The van der Waals surface area contributed by atoms with Crippen molar-refractivity contribution < 1.29 is 0 Å². The average Bonchev–Trinajstić information content (AvgIpc) is 2.62. The monoisotopic (exact) mass is 316 g/mol. The Morgan fingerprint density at radius 2 is 1.30 bits per heavy atom.